The van der Waals surface area contributed by atoms with Crippen LogP contribution < -0.4 is 15.9 Å². The molecule has 0 aliphatic carbocycles. The first-order chi connectivity index (χ1) is 13.6. The lowest BCUT2D eigenvalue weighted by atomic mass is 9.84. The van der Waals surface area contributed by atoms with Crippen LogP contribution in [0.25, 0.3) is 5.70 Å². The summed E-state index contributed by atoms with van der Waals surface area (Å²) in [6.07, 6.45) is 3.64. The highest BCUT2D eigenvalue weighted by molar-refractivity contribution is 8.93. The molecular formula is C23H29BrClN3O. The third-order valence-electron chi connectivity index (χ3n) is 5.93. The van der Waals surface area contributed by atoms with Crippen LogP contribution in [0.15, 0.2) is 53.5 Å². The van der Waals surface area contributed by atoms with Crippen molar-refractivity contribution in [3.63, 3.8) is 0 Å². The van der Waals surface area contributed by atoms with Gasteiger partial charge in [-0.05, 0) is 49.6 Å². The molecule has 1 fully saturated rings. The Bertz CT molecular complexity index is 924. The van der Waals surface area contributed by atoms with Crippen LogP contribution in [0.2, 0.25) is 5.02 Å². The summed E-state index contributed by atoms with van der Waals surface area (Å²) in [5, 5.41) is 17.7. The Morgan fingerprint density at radius 1 is 1.07 bits per heavy atom. The predicted molar refractivity (Wildman–Crippen MR) is 124 cm³/mol. The van der Waals surface area contributed by atoms with Crippen LogP contribution in [0.4, 0.5) is 0 Å². The molecule has 0 aromatic heterocycles. The summed E-state index contributed by atoms with van der Waals surface area (Å²) in [7, 11) is 0. The Hall–Kier alpha value is -1.40. The lowest BCUT2D eigenvalue weighted by molar-refractivity contribution is -0.0259. The number of likely N-dealkylation sites (tertiary alicyclic amines) is 1. The highest BCUT2D eigenvalue weighted by Crippen LogP contribution is 2.33. The summed E-state index contributed by atoms with van der Waals surface area (Å²) in [6.45, 7) is 4.76. The Morgan fingerprint density at radius 3 is 2.55 bits per heavy atom. The van der Waals surface area contributed by atoms with Gasteiger partial charge >= 0.3 is 0 Å². The predicted octanol–water partition coefficient (Wildman–Crippen LogP) is 3.01. The van der Waals surface area contributed by atoms with E-state index in [4.69, 9.17) is 11.6 Å². The van der Waals surface area contributed by atoms with E-state index in [0.717, 1.165) is 69.3 Å². The molecule has 0 amide bonds. The van der Waals surface area contributed by atoms with Crippen LogP contribution in [0.5, 0.6) is 0 Å². The van der Waals surface area contributed by atoms with E-state index in [9.17, 15) is 5.11 Å². The SMILES string of the molecule is Br.OC1(c2ccc(Cl)cc2)CCN(CCCNC2=c3ccccc3=NCC2)CC1. The number of halogens is 2. The van der Waals surface area contributed by atoms with Crippen LogP contribution in [0.1, 0.15) is 31.2 Å². The number of hydrogen-bond acceptors (Lipinski definition) is 4. The van der Waals surface area contributed by atoms with Crippen LogP contribution in [0.3, 0.4) is 0 Å². The Morgan fingerprint density at radius 2 is 1.79 bits per heavy atom. The van der Waals surface area contributed by atoms with Gasteiger partial charge < -0.3 is 15.3 Å². The number of benzene rings is 2. The van der Waals surface area contributed by atoms with Crippen molar-refractivity contribution in [2.75, 3.05) is 32.7 Å². The van der Waals surface area contributed by atoms with E-state index in [1.54, 1.807) is 0 Å². The Labute approximate surface area is 188 Å². The maximum atomic E-state index is 11.0. The first kappa shape index (κ1) is 22.3. The van der Waals surface area contributed by atoms with E-state index in [0.29, 0.717) is 5.02 Å². The minimum atomic E-state index is -0.718. The molecule has 2 N–H and O–H groups in total. The van der Waals surface area contributed by atoms with E-state index in [1.807, 2.05) is 30.3 Å². The molecular weight excluding hydrogens is 450 g/mol. The first-order valence-electron chi connectivity index (χ1n) is 10.2. The average Bonchev–Trinajstić information content (AvgIpc) is 2.73. The zero-order valence-corrected chi connectivity index (χ0v) is 19.1. The molecule has 4 nitrogen and oxygen atoms in total. The maximum absolute atomic E-state index is 11.0. The maximum Gasteiger partial charge on any atom is 0.0920 e. The van der Waals surface area contributed by atoms with Crippen molar-refractivity contribution in [2.24, 2.45) is 4.99 Å². The van der Waals surface area contributed by atoms with Crippen LogP contribution in [-0.2, 0) is 5.60 Å². The number of nitrogens with one attached hydrogen (secondary N) is 1. The molecule has 0 radical (unpaired) electrons. The second-order valence-electron chi connectivity index (χ2n) is 7.79. The van der Waals surface area contributed by atoms with Gasteiger partial charge in [-0.15, -0.1) is 17.0 Å². The lowest BCUT2D eigenvalue weighted by Gasteiger charge is -2.38. The van der Waals surface area contributed by atoms with Gasteiger partial charge in [0.2, 0.25) is 0 Å². The number of para-hydroxylation sites is 1. The molecule has 0 saturated carbocycles. The molecule has 2 aliphatic rings. The van der Waals surface area contributed by atoms with Gasteiger partial charge in [-0.1, -0.05) is 41.9 Å². The molecule has 2 aliphatic heterocycles. The summed E-state index contributed by atoms with van der Waals surface area (Å²) < 4.78 is 0. The van der Waals surface area contributed by atoms with Gasteiger partial charge in [-0.2, -0.15) is 0 Å². The van der Waals surface area contributed by atoms with Gasteiger partial charge in [0.15, 0.2) is 0 Å². The third kappa shape index (κ3) is 5.40. The summed E-state index contributed by atoms with van der Waals surface area (Å²) >= 11 is 5.97. The number of piperidine rings is 1. The Kier molecular flexibility index (Phi) is 7.74. The van der Waals surface area contributed by atoms with E-state index in [1.165, 1.54) is 10.9 Å². The van der Waals surface area contributed by atoms with Crippen LogP contribution in [-0.4, -0.2) is 42.7 Å². The number of rotatable bonds is 6. The summed E-state index contributed by atoms with van der Waals surface area (Å²) in [4.78, 5) is 7.05. The van der Waals surface area contributed by atoms with Crippen molar-refractivity contribution in [3.8, 4) is 0 Å². The van der Waals surface area contributed by atoms with Gasteiger partial charge in [-0.3, -0.25) is 4.99 Å². The number of hydrogen-bond donors (Lipinski definition) is 2. The molecule has 2 aromatic rings. The number of nitrogens with zero attached hydrogens (tertiary/aromatic N) is 2. The smallest absolute Gasteiger partial charge is 0.0920 e. The van der Waals surface area contributed by atoms with E-state index >= 15 is 0 Å². The van der Waals surface area contributed by atoms with Crippen LogP contribution in [0, 0.1) is 0 Å². The van der Waals surface area contributed by atoms with Crippen molar-refractivity contribution < 1.29 is 5.11 Å². The quantitative estimate of drug-likeness (QED) is 0.628. The zero-order chi connectivity index (χ0) is 19.4. The number of aliphatic hydroxyl groups is 1. The second kappa shape index (κ2) is 10.1. The molecule has 6 heteroatoms. The van der Waals surface area contributed by atoms with Crippen molar-refractivity contribution in [1.29, 1.82) is 0 Å². The highest BCUT2D eigenvalue weighted by atomic mass is 79.9. The molecule has 2 heterocycles. The van der Waals surface area contributed by atoms with Crippen molar-refractivity contribution in [3.05, 3.63) is 69.7 Å². The summed E-state index contributed by atoms with van der Waals surface area (Å²) in [5.74, 6) is 0. The second-order valence-corrected chi connectivity index (χ2v) is 8.22. The first-order valence-corrected chi connectivity index (χ1v) is 10.6. The minimum absolute atomic E-state index is 0. The molecule has 0 atom stereocenters. The third-order valence-corrected chi connectivity index (χ3v) is 6.18. The van der Waals surface area contributed by atoms with Crippen molar-refractivity contribution in [2.45, 2.75) is 31.3 Å². The Balaban J connectivity index is 0.00000240. The van der Waals surface area contributed by atoms with Gasteiger partial charge in [0, 0.05) is 48.5 Å². The summed E-state index contributed by atoms with van der Waals surface area (Å²) in [6, 6.07) is 16.0. The van der Waals surface area contributed by atoms with E-state index < -0.39 is 5.60 Å². The van der Waals surface area contributed by atoms with Gasteiger partial charge in [-0.25, -0.2) is 0 Å². The lowest BCUT2D eigenvalue weighted by Crippen LogP contribution is -2.43. The molecule has 156 valence electrons. The standard InChI is InChI=1S/C23H28ClN3O.BrH/c24-19-8-6-18(7-9-19)23(28)11-16-27(17-12-23)15-3-13-25-22-10-14-26-21-5-2-1-4-20(21)22;/h1-2,4-9,25,28H,3,10-17H2;1H. The van der Waals surface area contributed by atoms with Gasteiger partial charge in [0.1, 0.15) is 0 Å². The fourth-order valence-electron chi connectivity index (χ4n) is 4.21. The zero-order valence-electron chi connectivity index (χ0n) is 16.6. The monoisotopic (exact) mass is 477 g/mol. The average molecular weight is 479 g/mol. The van der Waals surface area contributed by atoms with Crippen LogP contribution >= 0.6 is 28.6 Å². The summed E-state index contributed by atoms with van der Waals surface area (Å²) in [5.41, 5.74) is 1.59. The van der Waals surface area contributed by atoms with Crippen molar-refractivity contribution in [1.82, 2.24) is 10.2 Å². The molecule has 29 heavy (non-hydrogen) atoms. The molecule has 0 bridgehead atoms. The van der Waals surface area contributed by atoms with Gasteiger partial charge in [0.05, 0.1) is 11.0 Å². The molecule has 4 rings (SSSR count). The number of fused-ring (bicyclic) bond motifs is 1. The van der Waals surface area contributed by atoms with Gasteiger partial charge in [0.25, 0.3) is 0 Å². The fraction of sp³-hybridized carbons (Fsp3) is 0.435. The molecule has 0 spiro atoms. The molecule has 0 unspecified atom stereocenters. The molecule has 1 saturated heterocycles. The van der Waals surface area contributed by atoms with E-state index in [2.05, 4.69) is 33.4 Å². The normalized spacial score (nSPS) is 18.3. The minimum Gasteiger partial charge on any atom is -0.388 e. The fourth-order valence-corrected chi connectivity index (χ4v) is 4.34. The topological polar surface area (TPSA) is 47.9 Å². The molecule has 2 aromatic carbocycles. The van der Waals surface area contributed by atoms with E-state index in [-0.39, 0.29) is 17.0 Å². The van der Waals surface area contributed by atoms with Crippen molar-refractivity contribution >= 4 is 34.3 Å². The highest BCUT2D eigenvalue weighted by Gasteiger charge is 2.33. The largest absolute Gasteiger partial charge is 0.388 e.